The van der Waals surface area contributed by atoms with Crippen molar-refractivity contribution < 1.29 is 30.0 Å². The summed E-state index contributed by atoms with van der Waals surface area (Å²) in [5, 5.41) is 35.7. The SMILES string of the molecule is CCC(=O)OC[C@H](O)[C@@H](O)[C@H](O)CO. The van der Waals surface area contributed by atoms with Gasteiger partial charge in [-0.05, 0) is 0 Å². The topological polar surface area (TPSA) is 107 Å². The van der Waals surface area contributed by atoms with Gasteiger partial charge in [-0.25, -0.2) is 0 Å². The summed E-state index contributed by atoms with van der Waals surface area (Å²) >= 11 is 0. The molecule has 0 aromatic rings. The molecule has 0 saturated heterocycles. The summed E-state index contributed by atoms with van der Waals surface area (Å²) in [4.78, 5) is 10.7. The van der Waals surface area contributed by atoms with Crippen LogP contribution < -0.4 is 0 Å². The highest BCUT2D eigenvalue weighted by atomic mass is 16.5. The zero-order valence-electron chi connectivity index (χ0n) is 7.96. The molecule has 0 unspecified atom stereocenters. The number of carbonyl (C=O) groups is 1. The second-order valence-electron chi connectivity index (χ2n) is 2.84. The minimum absolute atomic E-state index is 0.172. The van der Waals surface area contributed by atoms with Crippen molar-refractivity contribution in [3.63, 3.8) is 0 Å². The van der Waals surface area contributed by atoms with Gasteiger partial charge in [-0.1, -0.05) is 6.92 Å². The van der Waals surface area contributed by atoms with E-state index in [-0.39, 0.29) is 6.42 Å². The number of esters is 1. The molecule has 84 valence electrons. The summed E-state index contributed by atoms with van der Waals surface area (Å²) in [6, 6.07) is 0. The third kappa shape index (κ3) is 4.52. The molecule has 0 rings (SSSR count). The van der Waals surface area contributed by atoms with Gasteiger partial charge in [0.2, 0.25) is 0 Å². The maximum absolute atomic E-state index is 10.7. The molecule has 0 bridgehead atoms. The van der Waals surface area contributed by atoms with E-state index < -0.39 is 37.5 Å². The number of aliphatic hydroxyl groups excluding tert-OH is 4. The third-order valence-electron chi connectivity index (χ3n) is 1.68. The standard InChI is InChI=1S/C8H16O6/c1-2-7(12)14-4-6(11)8(13)5(10)3-9/h5-6,8-11,13H,2-4H2,1H3/t5-,6+,8+/m1/s1. The molecule has 0 fully saturated rings. The van der Waals surface area contributed by atoms with Crippen LogP contribution in [0, 0.1) is 0 Å². The lowest BCUT2D eigenvalue weighted by molar-refractivity contribution is -0.152. The van der Waals surface area contributed by atoms with Gasteiger partial charge in [0.05, 0.1) is 6.61 Å². The lowest BCUT2D eigenvalue weighted by atomic mass is 10.1. The average molecular weight is 208 g/mol. The van der Waals surface area contributed by atoms with Gasteiger partial charge in [-0.15, -0.1) is 0 Å². The van der Waals surface area contributed by atoms with E-state index in [4.69, 9.17) is 20.4 Å². The molecule has 0 spiro atoms. The molecular weight excluding hydrogens is 192 g/mol. The summed E-state index contributed by atoms with van der Waals surface area (Å²) in [6.45, 7) is 0.526. The van der Waals surface area contributed by atoms with Gasteiger partial charge in [0.15, 0.2) is 0 Å². The molecular formula is C8H16O6. The first-order valence-electron chi connectivity index (χ1n) is 4.33. The Bertz CT molecular complexity index is 171. The monoisotopic (exact) mass is 208 g/mol. The smallest absolute Gasteiger partial charge is 0.305 e. The molecule has 0 aromatic carbocycles. The van der Waals surface area contributed by atoms with Crippen molar-refractivity contribution in [1.82, 2.24) is 0 Å². The molecule has 0 aliphatic rings. The number of aliphatic hydroxyl groups is 4. The van der Waals surface area contributed by atoms with E-state index >= 15 is 0 Å². The Balaban J connectivity index is 3.83. The van der Waals surface area contributed by atoms with Crippen LogP contribution in [0.3, 0.4) is 0 Å². The van der Waals surface area contributed by atoms with Crippen LogP contribution in [0.5, 0.6) is 0 Å². The minimum atomic E-state index is -1.52. The highest BCUT2D eigenvalue weighted by molar-refractivity contribution is 5.68. The van der Waals surface area contributed by atoms with Crippen molar-refractivity contribution in [3.8, 4) is 0 Å². The maximum atomic E-state index is 10.7. The van der Waals surface area contributed by atoms with Crippen LogP contribution in [0.1, 0.15) is 13.3 Å². The number of carbonyl (C=O) groups excluding carboxylic acids is 1. The van der Waals surface area contributed by atoms with Crippen molar-refractivity contribution in [1.29, 1.82) is 0 Å². The summed E-state index contributed by atoms with van der Waals surface area (Å²) in [7, 11) is 0. The third-order valence-corrected chi connectivity index (χ3v) is 1.68. The van der Waals surface area contributed by atoms with Crippen molar-refractivity contribution in [2.75, 3.05) is 13.2 Å². The van der Waals surface area contributed by atoms with Crippen LogP contribution in [0.15, 0.2) is 0 Å². The first-order chi connectivity index (χ1) is 6.52. The van der Waals surface area contributed by atoms with Gasteiger partial charge in [-0.3, -0.25) is 4.79 Å². The van der Waals surface area contributed by atoms with E-state index in [2.05, 4.69) is 4.74 Å². The van der Waals surface area contributed by atoms with E-state index in [0.29, 0.717) is 0 Å². The number of hydrogen-bond acceptors (Lipinski definition) is 6. The Morgan fingerprint density at radius 2 is 1.86 bits per heavy atom. The fraction of sp³-hybridized carbons (Fsp3) is 0.875. The van der Waals surface area contributed by atoms with Crippen LogP contribution in [0.2, 0.25) is 0 Å². The Kier molecular flexibility index (Phi) is 6.39. The van der Waals surface area contributed by atoms with Crippen molar-refractivity contribution in [2.45, 2.75) is 31.7 Å². The van der Waals surface area contributed by atoms with Gasteiger partial charge < -0.3 is 25.2 Å². The van der Waals surface area contributed by atoms with Crippen molar-refractivity contribution in [3.05, 3.63) is 0 Å². The van der Waals surface area contributed by atoms with E-state index in [9.17, 15) is 4.79 Å². The highest BCUT2D eigenvalue weighted by Gasteiger charge is 2.24. The molecule has 3 atom stereocenters. The summed E-state index contributed by atoms with van der Waals surface area (Å²) in [5.41, 5.74) is 0. The zero-order valence-corrected chi connectivity index (χ0v) is 7.96. The molecule has 0 saturated carbocycles. The summed E-state index contributed by atoms with van der Waals surface area (Å²) < 4.78 is 4.53. The Morgan fingerprint density at radius 3 is 2.29 bits per heavy atom. The molecule has 0 amide bonds. The summed E-state index contributed by atoms with van der Waals surface area (Å²) in [6.07, 6.45) is -4.19. The van der Waals surface area contributed by atoms with Crippen molar-refractivity contribution >= 4 is 5.97 Å². The van der Waals surface area contributed by atoms with Crippen LogP contribution >= 0.6 is 0 Å². The predicted octanol–water partition coefficient (Wildman–Crippen LogP) is -1.99. The second-order valence-corrected chi connectivity index (χ2v) is 2.84. The maximum Gasteiger partial charge on any atom is 0.305 e. The van der Waals surface area contributed by atoms with E-state index in [0.717, 1.165) is 0 Å². The molecule has 14 heavy (non-hydrogen) atoms. The quantitative estimate of drug-likeness (QED) is 0.377. The molecule has 0 radical (unpaired) electrons. The van der Waals surface area contributed by atoms with Gasteiger partial charge >= 0.3 is 5.97 Å². The first-order valence-corrected chi connectivity index (χ1v) is 4.33. The van der Waals surface area contributed by atoms with Gasteiger partial charge in [0.25, 0.3) is 0 Å². The average Bonchev–Trinajstić information content (AvgIpc) is 2.22. The van der Waals surface area contributed by atoms with Crippen molar-refractivity contribution in [2.24, 2.45) is 0 Å². The number of rotatable bonds is 6. The van der Waals surface area contributed by atoms with Crippen LogP contribution in [-0.4, -0.2) is 57.9 Å². The van der Waals surface area contributed by atoms with E-state index in [1.807, 2.05) is 0 Å². The lowest BCUT2D eigenvalue weighted by Gasteiger charge is -2.20. The normalized spacial score (nSPS) is 17.2. The fourth-order valence-corrected chi connectivity index (χ4v) is 0.743. The molecule has 4 N–H and O–H groups in total. The number of hydrogen-bond donors (Lipinski definition) is 4. The summed E-state index contributed by atoms with van der Waals surface area (Å²) in [5.74, 6) is -0.505. The Labute approximate surface area is 81.7 Å². The minimum Gasteiger partial charge on any atom is -0.463 e. The molecule has 0 aromatic heterocycles. The van der Waals surface area contributed by atoms with Gasteiger partial charge in [0.1, 0.15) is 24.9 Å². The zero-order chi connectivity index (χ0) is 11.1. The molecule has 6 nitrogen and oxygen atoms in total. The fourth-order valence-electron chi connectivity index (χ4n) is 0.743. The lowest BCUT2D eigenvalue weighted by Crippen LogP contribution is -2.42. The van der Waals surface area contributed by atoms with E-state index in [1.54, 1.807) is 6.92 Å². The molecule has 0 heterocycles. The second kappa shape index (κ2) is 6.72. The molecule has 6 heteroatoms. The van der Waals surface area contributed by atoms with Gasteiger partial charge in [0, 0.05) is 6.42 Å². The molecule has 0 aliphatic heterocycles. The number of ether oxygens (including phenoxy) is 1. The van der Waals surface area contributed by atoms with E-state index in [1.165, 1.54) is 0 Å². The largest absolute Gasteiger partial charge is 0.463 e. The highest BCUT2D eigenvalue weighted by Crippen LogP contribution is 2.01. The molecule has 0 aliphatic carbocycles. The Hall–Kier alpha value is -0.690. The van der Waals surface area contributed by atoms with Crippen LogP contribution in [-0.2, 0) is 9.53 Å². The van der Waals surface area contributed by atoms with Crippen LogP contribution in [0.4, 0.5) is 0 Å². The Morgan fingerprint density at radius 1 is 1.29 bits per heavy atom. The first kappa shape index (κ1) is 13.3. The van der Waals surface area contributed by atoms with Gasteiger partial charge in [-0.2, -0.15) is 0 Å². The van der Waals surface area contributed by atoms with Crippen LogP contribution in [0.25, 0.3) is 0 Å². The predicted molar refractivity (Wildman–Crippen MR) is 46.4 cm³/mol.